The van der Waals surface area contributed by atoms with Crippen LogP contribution in [0.25, 0.3) is 0 Å². The Morgan fingerprint density at radius 3 is 2.55 bits per heavy atom. The van der Waals surface area contributed by atoms with Crippen molar-refractivity contribution in [1.82, 2.24) is 4.98 Å². The first-order chi connectivity index (χ1) is 14.2. The molecule has 1 fully saturated rings. The van der Waals surface area contributed by atoms with Crippen molar-refractivity contribution < 1.29 is 9.53 Å². The van der Waals surface area contributed by atoms with E-state index in [0.29, 0.717) is 24.6 Å². The summed E-state index contributed by atoms with van der Waals surface area (Å²) in [6, 6.07) is 21.4. The Hall–Kier alpha value is -3.38. The molecule has 3 aromatic rings. The molecule has 6 nitrogen and oxygen atoms in total. The van der Waals surface area contributed by atoms with E-state index in [4.69, 9.17) is 4.74 Å². The average molecular weight is 388 g/mol. The Kier molecular flexibility index (Phi) is 5.72. The Labute approximate surface area is 170 Å². The van der Waals surface area contributed by atoms with E-state index in [9.17, 15) is 4.79 Å². The largest absolute Gasteiger partial charge is 0.378 e. The van der Waals surface area contributed by atoms with Gasteiger partial charge in [0.05, 0.1) is 24.6 Å². The van der Waals surface area contributed by atoms with Crippen LogP contribution in [0.15, 0.2) is 72.9 Å². The summed E-state index contributed by atoms with van der Waals surface area (Å²) in [5.41, 5.74) is 3.39. The predicted molar refractivity (Wildman–Crippen MR) is 116 cm³/mol. The molecule has 0 atom stereocenters. The fourth-order valence-corrected chi connectivity index (χ4v) is 3.38. The molecule has 4 rings (SSSR count). The highest BCUT2D eigenvalue weighted by Gasteiger charge is 2.17. The second-order valence-corrected chi connectivity index (χ2v) is 6.87. The van der Waals surface area contributed by atoms with E-state index >= 15 is 0 Å². The van der Waals surface area contributed by atoms with Crippen molar-refractivity contribution in [3.8, 4) is 0 Å². The minimum absolute atomic E-state index is 0.157. The number of carbonyl (C=O) groups excluding carboxylic acids is 1. The second kappa shape index (κ2) is 8.75. The molecule has 1 saturated heterocycles. The Morgan fingerprint density at radius 1 is 1.03 bits per heavy atom. The van der Waals surface area contributed by atoms with Gasteiger partial charge in [0.2, 0.25) is 0 Å². The van der Waals surface area contributed by atoms with Gasteiger partial charge in [-0.3, -0.25) is 4.79 Å². The van der Waals surface area contributed by atoms with Gasteiger partial charge in [-0.2, -0.15) is 0 Å². The van der Waals surface area contributed by atoms with Crippen LogP contribution in [-0.2, 0) is 4.74 Å². The Balaban J connectivity index is 1.54. The molecule has 1 aliphatic heterocycles. The van der Waals surface area contributed by atoms with Gasteiger partial charge >= 0.3 is 0 Å². The lowest BCUT2D eigenvalue weighted by atomic mass is 10.2. The predicted octanol–water partition coefficient (Wildman–Crippen LogP) is 3.94. The Bertz CT molecular complexity index is 971. The fraction of sp³-hybridized carbons (Fsp3) is 0.217. The van der Waals surface area contributed by atoms with Crippen LogP contribution in [-0.4, -0.2) is 44.2 Å². The zero-order chi connectivity index (χ0) is 20.1. The van der Waals surface area contributed by atoms with Crippen molar-refractivity contribution in [1.29, 1.82) is 0 Å². The number of morpholine rings is 1. The fourth-order valence-electron chi connectivity index (χ4n) is 3.38. The van der Waals surface area contributed by atoms with Crippen LogP contribution in [0.5, 0.6) is 0 Å². The molecule has 0 unspecified atom stereocenters. The third-order valence-corrected chi connectivity index (χ3v) is 5.00. The van der Waals surface area contributed by atoms with Gasteiger partial charge in [-0.15, -0.1) is 0 Å². The molecule has 0 spiro atoms. The van der Waals surface area contributed by atoms with E-state index in [1.54, 1.807) is 18.3 Å². The molecule has 1 aromatic heterocycles. The summed E-state index contributed by atoms with van der Waals surface area (Å²) >= 11 is 0. The number of carbonyl (C=O) groups is 1. The molecular weight excluding hydrogens is 364 g/mol. The summed E-state index contributed by atoms with van der Waals surface area (Å²) in [4.78, 5) is 21.6. The molecule has 0 saturated carbocycles. The van der Waals surface area contributed by atoms with Crippen molar-refractivity contribution in [2.24, 2.45) is 0 Å². The van der Waals surface area contributed by atoms with Crippen LogP contribution in [0.3, 0.4) is 0 Å². The Morgan fingerprint density at radius 2 is 1.76 bits per heavy atom. The lowest BCUT2D eigenvalue weighted by molar-refractivity contribution is 0.102. The van der Waals surface area contributed by atoms with Gasteiger partial charge in [0.25, 0.3) is 5.91 Å². The minimum Gasteiger partial charge on any atom is -0.378 e. The number of ether oxygens (including phenoxy) is 1. The van der Waals surface area contributed by atoms with Gasteiger partial charge in [-0.05, 0) is 36.4 Å². The van der Waals surface area contributed by atoms with E-state index < -0.39 is 0 Å². The van der Waals surface area contributed by atoms with Crippen molar-refractivity contribution in [2.45, 2.75) is 0 Å². The third kappa shape index (κ3) is 4.38. The van der Waals surface area contributed by atoms with Crippen LogP contribution in [0.4, 0.5) is 22.9 Å². The van der Waals surface area contributed by atoms with Crippen LogP contribution >= 0.6 is 0 Å². The molecule has 1 aliphatic rings. The first kappa shape index (κ1) is 19.0. The number of rotatable bonds is 5. The van der Waals surface area contributed by atoms with E-state index in [1.807, 2.05) is 66.5 Å². The number of pyridine rings is 1. The number of anilines is 4. The number of nitrogens with one attached hydrogen (secondary N) is 1. The number of aromatic nitrogens is 1. The molecule has 1 amide bonds. The summed E-state index contributed by atoms with van der Waals surface area (Å²) in [5.74, 6) is 0.557. The molecule has 0 radical (unpaired) electrons. The van der Waals surface area contributed by atoms with Crippen molar-refractivity contribution in [2.75, 3.05) is 48.5 Å². The maximum absolute atomic E-state index is 13.0. The number of hydrogen-bond donors (Lipinski definition) is 1. The van der Waals surface area contributed by atoms with Crippen molar-refractivity contribution >= 4 is 28.8 Å². The zero-order valence-corrected chi connectivity index (χ0v) is 16.4. The van der Waals surface area contributed by atoms with Crippen molar-refractivity contribution in [3.63, 3.8) is 0 Å². The quantitative estimate of drug-likeness (QED) is 0.718. The standard InChI is InChI=1S/C23H24N4O2/c1-26(19-7-3-2-4-8-19)22-17-18(11-12-24-22)23(28)25-20-9-5-6-10-21(20)27-13-15-29-16-14-27/h2-12,17H,13-16H2,1H3,(H,25,28). The van der Waals surface area contributed by atoms with Gasteiger partial charge in [-0.25, -0.2) is 4.98 Å². The van der Waals surface area contributed by atoms with Gasteiger partial charge in [0.15, 0.2) is 0 Å². The molecule has 2 heterocycles. The van der Waals surface area contributed by atoms with Crippen molar-refractivity contribution in [3.05, 3.63) is 78.5 Å². The summed E-state index contributed by atoms with van der Waals surface area (Å²) in [5, 5.41) is 3.06. The van der Waals surface area contributed by atoms with Crippen LogP contribution in [0.1, 0.15) is 10.4 Å². The van der Waals surface area contributed by atoms with Gasteiger partial charge in [0.1, 0.15) is 5.82 Å². The molecule has 0 bridgehead atoms. The lowest BCUT2D eigenvalue weighted by Gasteiger charge is -2.30. The number of amides is 1. The molecule has 6 heteroatoms. The van der Waals surface area contributed by atoms with Crippen LogP contribution < -0.4 is 15.1 Å². The highest BCUT2D eigenvalue weighted by Crippen LogP contribution is 2.27. The topological polar surface area (TPSA) is 57.7 Å². The summed E-state index contributed by atoms with van der Waals surface area (Å²) < 4.78 is 5.44. The monoisotopic (exact) mass is 388 g/mol. The van der Waals surface area contributed by atoms with E-state index in [0.717, 1.165) is 30.2 Å². The molecular formula is C23H24N4O2. The zero-order valence-electron chi connectivity index (χ0n) is 16.4. The normalized spacial score (nSPS) is 13.8. The van der Waals surface area contributed by atoms with E-state index in [1.165, 1.54) is 0 Å². The summed E-state index contributed by atoms with van der Waals surface area (Å²) in [6.45, 7) is 3.02. The van der Waals surface area contributed by atoms with Gasteiger partial charge in [0, 0.05) is 37.6 Å². The van der Waals surface area contributed by atoms with Crippen LogP contribution in [0, 0.1) is 0 Å². The summed E-state index contributed by atoms with van der Waals surface area (Å²) in [6.07, 6.45) is 1.66. The van der Waals surface area contributed by atoms with Gasteiger partial charge < -0.3 is 19.9 Å². The third-order valence-electron chi connectivity index (χ3n) is 5.00. The number of benzene rings is 2. The van der Waals surface area contributed by atoms with Crippen LogP contribution in [0.2, 0.25) is 0 Å². The minimum atomic E-state index is -0.157. The molecule has 0 aliphatic carbocycles. The molecule has 148 valence electrons. The summed E-state index contributed by atoms with van der Waals surface area (Å²) in [7, 11) is 1.94. The van der Waals surface area contributed by atoms with E-state index in [2.05, 4.69) is 15.2 Å². The maximum atomic E-state index is 13.0. The van der Waals surface area contributed by atoms with Gasteiger partial charge in [-0.1, -0.05) is 30.3 Å². The maximum Gasteiger partial charge on any atom is 0.255 e. The number of para-hydroxylation sites is 3. The highest BCUT2D eigenvalue weighted by molar-refractivity contribution is 6.06. The second-order valence-electron chi connectivity index (χ2n) is 6.87. The number of hydrogen-bond acceptors (Lipinski definition) is 5. The lowest BCUT2D eigenvalue weighted by Crippen LogP contribution is -2.36. The average Bonchev–Trinajstić information content (AvgIpc) is 2.80. The first-order valence-electron chi connectivity index (χ1n) is 9.70. The highest BCUT2D eigenvalue weighted by atomic mass is 16.5. The SMILES string of the molecule is CN(c1ccccc1)c1cc(C(=O)Nc2ccccc2N2CCOCC2)ccn1. The smallest absolute Gasteiger partial charge is 0.255 e. The molecule has 2 aromatic carbocycles. The van der Waals surface area contributed by atoms with E-state index in [-0.39, 0.29) is 5.91 Å². The molecule has 1 N–H and O–H groups in total. The first-order valence-corrected chi connectivity index (χ1v) is 9.70. The molecule has 29 heavy (non-hydrogen) atoms. The number of nitrogens with zero attached hydrogens (tertiary/aromatic N) is 3.